The number of carbonyl (C=O) groups is 1. The minimum Gasteiger partial charge on any atom is -0.478 e. The van der Waals surface area contributed by atoms with Crippen molar-refractivity contribution < 1.29 is 14.3 Å². The molecule has 21 heavy (non-hydrogen) atoms. The number of halogens is 1. The van der Waals surface area contributed by atoms with Gasteiger partial charge in [0.2, 0.25) is 0 Å². The molecule has 0 amide bonds. The summed E-state index contributed by atoms with van der Waals surface area (Å²) in [5.41, 5.74) is 0.695. The summed E-state index contributed by atoms with van der Waals surface area (Å²) in [6.45, 7) is 0. The van der Waals surface area contributed by atoms with Crippen molar-refractivity contribution in [3.05, 3.63) is 69.3 Å². The van der Waals surface area contributed by atoms with E-state index in [1.54, 1.807) is 30.3 Å². The molecule has 0 unspecified atom stereocenters. The summed E-state index contributed by atoms with van der Waals surface area (Å²) in [7, 11) is 0. The van der Waals surface area contributed by atoms with Gasteiger partial charge in [-0.05, 0) is 24.3 Å². The number of rotatable bonds is 2. The van der Waals surface area contributed by atoms with Gasteiger partial charge in [0, 0.05) is 11.6 Å². The molecular weight excluding hydrogens is 292 g/mol. The zero-order chi connectivity index (χ0) is 15.0. The molecule has 104 valence electrons. The summed E-state index contributed by atoms with van der Waals surface area (Å²) in [5, 5.41) is 9.74. The highest BCUT2D eigenvalue weighted by Gasteiger charge is 2.11. The fraction of sp³-hybridized carbons (Fsp3) is 0. The average molecular weight is 301 g/mol. The third-order valence-electron chi connectivity index (χ3n) is 3.10. The van der Waals surface area contributed by atoms with Crippen LogP contribution in [-0.4, -0.2) is 11.1 Å². The molecule has 5 heteroatoms. The maximum Gasteiger partial charge on any atom is 0.335 e. The van der Waals surface area contributed by atoms with Gasteiger partial charge in [-0.15, -0.1) is 0 Å². The van der Waals surface area contributed by atoms with E-state index in [1.807, 2.05) is 0 Å². The second-order valence-corrected chi connectivity index (χ2v) is 4.88. The van der Waals surface area contributed by atoms with Crippen LogP contribution < -0.4 is 5.43 Å². The summed E-state index contributed by atoms with van der Waals surface area (Å²) in [4.78, 5) is 23.1. The van der Waals surface area contributed by atoms with Crippen LogP contribution in [0.1, 0.15) is 10.4 Å². The largest absolute Gasteiger partial charge is 0.478 e. The van der Waals surface area contributed by atoms with E-state index in [1.165, 1.54) is 18.2 Å². The number of carboxylic acid groups (broad SMARTS) is 1. The van der Waals surface area contributed by atoms with E-state index in [0.29, 0.717) is 21.6 Å². The highest BCUT2D eigenvalue weighted by atomic mass is 35.5. The van der Waals surface area contributed by atoms with Crippen molar-refractivity contribution in [3.8, 4) is 11.3 Å². The van der Waals surface area contributed by atoms with Crippen LogP contribution >= 0.6 is 11.6 Å². The second kappa shape index (κ2) is 5.07. The van der Waals surface area contributed by atoms with Gasteiger partial charge < -0.3 is 9.52 Å². The van der Waals surface area contributed by atoms with Gasteiger partial charge in [0.1, 0.15) is 5.76 Å². The molecule has 4 nitrogen and oxygen atoms in total. The van der Waals surface area contributed by atoms with Crippen LogP contribution in [0.15, 0.2) is 57.7 Å². The smallest absolute Gasteiger partial charge is 0.335 e. The summed E-state index contributed by atoms with van der Waals surface area (Å²) in [6.07, 6.45) is 0. The molecule has 0 aliphatic heterocycles. The van der Waals surface area contributed by atoms with Crippen molar-refractivity contribution in [1.82, 2.24) is 0 Å². The van der Waals surface area contributed by atoms with Gasteiger partial charge in [-0.3, -0.25) is 4.79 Å². The molecule has 0 saturated carbocycles. The Hall–Kier alpha value is -2.59. The van der Waals surface area contributed by atoms with E-state index in [0.717, 1.165) is 0 Å². The molecule has 2 aromatic carbocycles. The van der Waals surface area contributed by atoms with Gasteiger partial charge in [0.15, 0.2) is 11.0 Å². The van der Waals surface area contributed by atoms with E-state index in [2.05, 4.69) is 0 Å². The molecule has 0 aliphatic rings. The predicted molar refractivity (Wildman–Crippen MR) is 79.9 cm³/mol. The maximum absolute atomic E-state index is 12.1. The third-order valence-corrected chi connectivity index (χ3v) is 3.40. The third kappa shape index (κ3) is 2.41. The van der Waals surface area contributed by atoms with Gasteiger partial charge in [-0.2, -0.15) is 0 Å². The minimum atomic E-state index is -1.04. The summed E-state index contributed by atoms with van der Waals surface area (Å²) < 4.78 is 5.67. The molecule has 0 bridgehead atoms. The molecule has 0 aliphatic carbocycles. The van der Waals surface area contributed by atoms with Crippen LogP contribution in [-0.2, 0) is 0 Å². The lowest BCUT2D eigenvalue weighted by Crippen LogP contribution is -2.01. The monoisotopic (exact) mass is 300 g/mol. The molecule has 0 fully saturated rings. The van der Waals surface area contributed by atoms with Crippen LogP contribution in [0.5, 0.6) is 0 Å². The number of carboxylic acids is 1. The molecule has 3 rings (SSSR count). The standard InChI is InChI=1S/C16H9ClO4/c17-12-6-2-5-11-13(18)8-14(21-15(11)12)9-3-1-4-10(7-9)16(19)20/h1-8H,(H,19,20). The molecule has 1 aromatic heterocycles. The van der Waals surface area contributed by atoms with E-state index in [-0.39, 0.29) is 16.8 Å². The number of hydrogen-bond donors (Lipinski definition) is 1. The maximum atomic E-state index is 12.1. The number of fused-ring (bicyclic) bond motifs is 1. The highest BCUT2D eigenvalue weighted by molar-refractivity contribution is 6.34. The number of para-hydroxylation sites is 1. The first kappa shape index (κ1) is 13.4. The van der Waals surface area contributed by atoms with Crippen LogP contribution in [0, 0.1) is 0 Å². The Balaban J connectivity index is 2.26. The van der Waals surface area contributed by atoms with Crippen LogP contribution in [0.2, 0.25) is 5.02 Å². The Labute approximate surface area is 124 Å². The molecule has 3 aromatic rings. The van der Waals surface area contributed by atoms with E-state index in [4.69, 9.17) is 21.1 Å². The lowest BCUT2D eigenvalue weighted by atomic mass is 10.1. The zero-order valence-corrected chi connectivity index (χ0v) is 11.4. The molecule has 0 atom stereocenters. The SMILES string of the molecule is O=C(O)c1cccc(-c2cc(=O)c3cccc(Cl)c3o2)c1. The lowest BCUT2D eigenvalue weighted by molar-refractivity contribution is 0.0697. The Morgan fingerprint density at radius 1 is 1.10 bits per heavy atom. The Kier molecular flexibility index (Phi) is 3.23. The van der Waals surface area contributed by atoms with Crippen LogP contribution in [0.3, 0.4) is 0 Å². The summed E-state index contributed by atoms with van der Waals surface area (Å²) in [6, 6.07) is 12.4. The molecule has 0 radical (unpaired) electrons. The van der Waals surface area contributed by atoms with E-state index >= 15 is 0 Å². The second-order valence-electron chi connectivity index (χ2n) is 4.48. The predicted octanol–water partition coefficient (Wildman–Crippen LogP) is 3.81. The van der Waals surface area contributed by atoms with Crippen molar-refractivity contribution in [3.63, 3.8) is 0 Å². The first-order valence-electron chi connectivity index (χ1n) is 6.12. The van der Waals surface area contributed by atoms with Gasteiger partial charge in [-0.1, -0.05) is 29.8 Å². The highest BCUT2D eigenvalue weighted by Crippen LogP contribution is 2.27. The quantitative estimate of drug-likeness (QED) is 0.781. The fourth-order valence-electron chi connectivity index (χ4n) is 2.09. The van der Waals surface area contributed by atoms with Crippen molar-refractivity contribution in [2.45, 2.75) is 0 Å². The Bertz CT molecular complexity index is 912. The first-order chi connectivity index (χ1) is 10.1. The average Bonchev–Trinajstić information content (AvgIpc) is 2.48. The number of aromatic carboxylic acids is 1. The summed E-state index contributed by atoms with van der Waals surface area (Å²) in [5.74, 6) is -0.762. The number of benzene rings is 2. The topological polar surface area (TPSA) is 67.5 Å². The van der Waals surface area contributed by atoms with Crippen LogP contribution in [0.25, 0.3) is 22.3 Å². The van der Waals surface area contributed by atoms with E-state index < -0.39 is 5.97 Å². The number of hydrogen-bond acceptors (Lipinski definition) is 3. The van der Waals surface area contributed by atoms with Gasteiger partial charge in [-0.25, -0.2) is 4.79 Å². The van der Waals surface area contributed by atoms with Crippen molar-refractivity contribution in [2.24, 2.45) is 0 Å². The van der Waals surface area contributed by atoms with Gasteiger partial charge in [0.25, 0.3) is 0 Å². The summed E-state index contributed by atoms with van der Waals surface area (Å²) >= 11 is 6.04. The molecule has 1 heterocycles. The van der Waals surface area contributed by atoms with Crippen molar-refractivity contribution >= 4 is 28.5 Å². The van der Waals surface area contributed by atoms with Crippen molar-refractivity contribution in [1.29, 1.82) is 0 Å². The normalized spacial score (nSPS) is 10.7. The molecular formula is C16H9ClO4. The lowest BCUT2D eigenvalue weighted by Gasteiger charge is -2.05. The molecule has 1 N–H and O–H groups in total. The van der Waals surface area contributed by atoms with Crippen LogP contribution in [0.4, 0.5) is 0 Å². The molecule has 0 saturated heterocycles. The Morgan fingerprint density at radius 2 is 1.86 bits per heavy atom. The Morgan fingerprint density at radius 3 is 2.62 bits per heavy atom. The fourth-order valence-corrected chi connectivity index (χ4v) is 2.30. The first-order valence-corrected chi connectivity index (χ1v) is 6.50. The van der Waals surface area contributed by atoms with E-state index in [9.17, 15) is 9.59 Å². The van der Waals surface area contributed by atoms with Crippen molar-refractivity contribution in [2.75, 3.05) is 0 Å². The minimum absolute atomic E-state index is 0.120. The van der Waals surface area contributed by atoms with Gasteiger partial charge in [0.05, 0.1) is 16.0 Å². The van der Waals surface area contributed by atoms with Gasteiger partial charge >= 0.3 is 5.97 Å². The zero-order valence-electron chi connectivity index (χ0n) is 10.7. The molecule has 0 spiro atoms.